The van der Waals surface area contributed by atoms with Crippen molar-refractivity contribution in [3.8, 4) is 0 Å². The summed E-state index contributed by atoms with van der Waals surface area (Å²) < 4.78 is 26.6. The van der Waals surface area contributed by atoms with Gasteiger partial charge in [0, 0.05) is 6.54 Å². The molecule has 2 aromatic carbocycles. The summed E-state index contributed by atoms with van der Waals surface area (Å²) in [6.07, 6.45) is 1.55. The van der Waals surface area contributed by atoms with E-state index >= 15 is 0 Å². The van der Waals surface area contributed by atoms with Crippen LogP contribution >= 0.6 is 0 Å². The fraction of sp³-hybridized carbons (Fsp3) is 0.278. The van der Waals surface area contributed by atoms with Gasteiger partial charge in [-0.1, -0.05) is 49.4 Å². The van der Waals surface area contributed by atoms with Crippen molar-refractivity contribution in [1.29, 1.82) is 0 Å². The van der Waals surface area contributed by atoms with E-state index in [4.69, 9.17) is 0 Å². The fourth-order valence-electron chi connectivity index (χ4n) is 2.20. The van der Waals surface area contributed by atoms with Gasteiger partial charge in [-0.05, 0) is 36.1 Å². The van der Waals surface area contributed by atoms with Crippen molar-refractivity contribution < 1.29 is 13.2 Å². The third kappa shape index (κ3) is 5.47. The molecule has 0 aliphatic rings. The van der Waals surface area contributed by atoms with Crippen LogP contribution in [0.1, 0.15) is 18.1 Å². The van der Waals surface area contributed by atoms with E-state index in [-0.39, 0.29) is 17.3 Å². The maximum Gasteiger partial charge on any atom is 0.241 e. The molecule has 0 aromatic heterocycles. The van der Waals surface area contributed by atoms with Gasteiger partial charge in [-0.15, -0.1) is 0 Å². The lowest BCUT2D eigenvalue weighted by atomic mass is 10.1. The van der Waals surface area contributed by atoms with Crippen LogP contribution < -0.4 is 10.0 Å². The number of carbonyl (C=O) groups is 1. The number of benzene rings is 2. The molecule has 2 aromatic rings. The zero-order valence-corrected chi connectivity index (χ0v) is 14.5. The zero-order chi connectivity index (χ0) is 17.4. The molecule has 0 atom stereocenters. The van der Waals surface area contributed by atoms with Crippen LogP contribution in [-0.2, 0) is 27.7 Å². The molecule has 0 fully saturated rings. The Morgan fingerprint density at radius 1 is 0.958 bits per heavy atom. The van der Waals surface area contributed by atoms with Crippen molar-refractivity contribution in [3.05, 3.63) is 65.7 Å². The van der Waals surface area contributed by atoms with Gasteiger partial charge in [-0.3, -0.25) is 4.79 Å². The third-order valence-corrected chi connectivity index (χ3v) is 5.06. The standard InChI is InChI=1S/C18H22N2O3S/c1-2-15-8-10-17(11-9-15)24(22,23)20-14-18(21)19-13-12-16-6-4-3-5-7-16/h3-11,20H,2,12-14H2,1H3,(H,19,21). The number of carbonyl (C=O) groups excluding carboxylic acids is 1. The molecule has 2 rings (SSSR count). The van der Waals surface area contributed by atoms with Crippen molar-refractivity contribution >= 4 is 15.9 Å². The van der Waals surface area contributed by atoms with Gasteiger partial charge >= 0.3 is 0 Å². The Morgan fingerprint density at radius 2 is 1.62 bits per heavy atom. The van der Waals surface area contributed by atoms with Gasteiger partial charge in [-0.25, -0.2) is 13.1 Å². The molecule has 1 amide bonds. The van der Waals surface area contributed by atoms with Gasteiger partial charge in [0.15, 0.2) is 0 Å². The highest BCUT2D eigenvalue weighted by Gasteiger charge is 2.15. The molecule has 0 spiro atoms. The van der Waals surface area contributed by atoms with Crippen LogP contribution in [0.5, 0.6) is 0 Å². The predicted molar refractivity (Wildman–Crippen MR) is 94.2 cm³/mol. The van der Waals surface area contributed by atoms with Crippen LogP contribution in [0.4, 0.5) is 0 Å². The van der Waals surface area contributed by atoms with Crippen LogP contribution in [-0.4, -0.2) is 27.4 Å². The summed E-state index contributed by atoms with van der Waals surface area (Å²) in [6, 6.07) is 16.4. The summed E-state index contributed by atoms with van der Waals surface area (Å²) in [4.78, 5) is 11.9. The molecule has 0 heterocycles. The summed E-state index contributed by atoms with van der Waals surface area (Å²) in [6.45, 7) is 2.20. The molecule has 0 bridgehead atoms. The van der Waals surface area contributed by atoms with E-state index in [0.717, 1.165) is 17.5 Å². The first-order valence-electron chi connectivity index (χ1n) is 7.90. The van der Waals surface area contributed by atoms with Gasteiger partial charge in [0.2, 0.25) is 15.9 Å². The van der Waals surface area contributed by atoms with E-state index < -0.39 is 10.0 Å². The predicted octanol–water partition coefficient (Wildman–Crippen LogP) is 1.89. The normalized spacial score (nSPS) is 11.2. The molecule has 0 aliphatic heterocycles. The lowest BCUT2D eigenvalue weighted by Gasteiger charge is -2.08. The summed E-state index contributed by atoms with van der Waals surface area (Å²) in [5.74, 6) is -0.348. The number of aryl methyl sites for hydroxylation is 1. The average molecular weight is 346 g/mol. The number of sulfonamides is 1. The second-order valence-electron chi connectivity index (χ2n) is 5.41. The van der Waals surface area contributed by atoms with E-state index in [1.54, 1.807) is 24.3 Å². The maximum atomic E-state index is 12.1. The Bertz CT molecular complexity index is 757. The molecule has 0 unspecified atom stereocenters. The van der Waals surface area contributed by atoms with E-state index in [2.05, 4.69) is 10.0 Å². The molecule has 24 heavy (non-hydrogen) atoms. The highest BCUT2D eigenvalue weighted by molar-refractivity contribution is 7.89. The van der Waals surface area contributed by atoms with Crippen LogP contribution in [0.15, 0.2) is 59.5 Å². The number of hydrogen-bond acceptors (Lipinski definition) is 3. The third-order valence-electron chi connectivity index (χ3n) is 3.64. The fourth-order valence-corrected chi connectivity index (χ4v) is 3.18. The van der Waals surface area contributed by atoms with Crippen molar-refractivity contribution in [2.45, 2.75) is 24.7 Å². The monoisotopic (exact) mass is 346 g/mol. The van der Waals surface area contributed by atoms with E-state index in [1.807, 2.05) is 37.3 Å². The van der Waals surface area contributed by atoms with Crippen molar-refractivity contribution in [2.24, 2.45) is 0 Å². The maximum absolute atomic E-state index is 12.1. The van der Waals surface area contributed by atoms with E-state index in [9.17, 15) is 13.2 Å². The molecule has 0 saturated heterocycles. The number of rotatable bonds is 8. The summed E-state index contributed by atoms with van der Waals surface area (Å²) >= 11 is 0. The molecule has 2 N–H and O–H groups in total. The Balaban J connectivity index is 1.79. The molecule has 5 nitrogen and oxygen atoms in total. The van der Waals surface area contributed by atoms with Crippen LogP contribution in [0.2, 0.25) is 0 Å². The van der Waals surface area contributed by atoms with Crippen LogP contribution in [0.3, 0.4) is 0 Å². The second-order valence-corrected chi connectivity index (χ2v) is 7.17. The average Bonchev–Trinajstić information content (AvgIpc) is 2.61. The van der Waals surface area contributed by atoms with E-state index in [1.165, 1.54) is 0 Å². The van der Waals surface area contributed by atoms with Crippen LogP contribution in [0, 0.1) is 0 Å². The van der Waals surface area contributed by atoms with Gasteiger partial charge in [0.05, 0.1) is 11.4 Å². The Morgan fingerprint density at radius 3 is 2.25 bits per heavy atom. The summed E-state index contributed by atoms with van der Waals surface area (Å²) in [5.41, 5.74) is 2.18. The first-order chi connectivity index (χ1) is 11.5. The molecule has 0 saturated carbocycles. The van der Waals surface area contributed by atoms with Crippen LogP contribution in [0.25, 0.3) is 0 Å². The number of nitrogens with one attached hydrogen (secondary N) is 2. The number of hydrogen-bond donors (Lipinski definition) is 2. The quantitative estimate of drug-likeness (QED) is 0.766. The van der Waals surface area contributed by atoms with Crippen molar-refractivity contribution in [1.82, 2.24) is 10.0 Å². The van der Waals surface area contributed by atoms with Gasteiger partial charge < -0.3 is 5.32 Å². The van der Waals surface area contributed by atoms with Gasteiger partial charge in [0.25, 0.3) is 0 Å². The lowest BCUT2D eigenvalue weighted by Crippen LogP contribution is -2.37. The summed E-state index contributed by atoms with van der Waals surface area (Å²) in [7, 11) is -3.67. The Labute approximate surface area is 143 Å². The second kappa shape index (κ2) is 8.61. The van der Waals surface area contributed by atoms with Crippen molar-refractivity contribution in [2.75, 3.05) is 13.1 Å². The van der Waals surface area contributed by atoms with E-state index in [0.29, 0.717) is 13.0 Å². The lowest BCUT2D eigenvalue weighted by molar-refractivity contribution is -0.119. The topological polar surface area (TPSA) is 75.3 Å². The molecular formula is C18H22N2O3S. The SMILES string of the molecule is CCc1ccc(S(=O)(=O)NCC(=O)NCCc2ccccc2)cc1. The minimum absolute atomic E-state index is 0.164. The largest absolute Gasteiger partial charge is 0.355 e. The minimum atomic E-state index is -3.67. The number of amides is 1. The first kappa shape index (κ1) is 18.2. The summed E-state index contributed by atoms with van der Waals surface area (Å²) in [5, 5.41) is 2.71. The highest BCUT2D eigenvalue weighted by atomic mass is 32.2. The molecular weight excluding hydrogens is 324 g/mol. The molecule has 6 heteroatoms. The molecule has 0 aliphatic carbocycles. The minimum Gasteiger partial charge on any atom is -0.355 e. The first-order valence-corrected chi connectivity index (χ1v) is 9.39. The molecule has 128 valence electrons. The molecule has 0 radical (unpaired) electrons. The van der Waals surface area contributed by atoms with Crippen molar-refractivity contribution in [3.63, 3.8) is 0 Å². The zero-order valence-electron chi connectivity index (χ0n) is 13.7. The Hall–Kier alpha value is -2.18. The Kier molecular flexibility index (Phi) is 6.52. The smallest absolute Gasteiger partial charge is 0.241 e. The van der Waals surface area contributed by atoms with Gasteiger partial charge in [-0.2, -0.15) is 0 Å². The highest BCUT2D eigenvalue weighted by Crippen LogP contribution is 2.10. The van der Waals surface area contributed by atoms with Gasteiger partial charge in [0.1, 0.15) is 0 Å².